The van der Waals surface area contributed by atoms with Gasteiger partial charge < -0.3 is 5.32 Å². The maximum atomic E-state index is 13.7. The molecule has 1 N–H and O–H groups in total. The lowest BCUT2D eigenvalue weighted by atomic mass is 9.76. The van der Waals surface area contributed by atoms with E-state index in [0.29, 0.717) is 22.7 Å². The van der Waals surface area contributed by atoms with Crippen LogP contribution in [-0.2, 0) is 0 Å². The van der Waals surface area contributed by atoms with Crippen LogP contribution >= 0.6 is 23.2 Å². The van der Waals surface area contributed by atoms with Gasteiger partial charge >= 0.3 is 0 Å². The first kappa shape index (κ1) is 13.7. The SMILES string of the molecule is Fc1cc(Cl)ccc1NC1CC(c2ccc(Cl)cc2)C1. The van der Waals surface area contributed by atoms with Crippen LogP contribution in [0.25, 0.3) is 0 Å². The Balaban J connectivity index is 1.59. The molecule has 0 saturated heterocycles. The van der Waals surface area contributed by atoms with Gasteiger partial charge in [-0.25, -0.2) is 4.39 Å². The highest BCUT2D eigenvalue weighted by molar-refractivity contribution is 6.30. The molecule has 104 valence electrons. The van der Waals surface area contributed by atoms with Crippen molar-refractivity contribution in [1.29, 1.82) is 0 Å². The second-order valence-corrected chi connectivity index (χ2v) is 6.06. The number of benzene rings is 2. The first-order valence-electron chi connectivity index (χ1n) is 6.59. The van der Waals surface area contributed by atoms with E-state index in [2.05, 4.69) is 17.4 Å². The summed E-state index contributed by atoms with van der Waals surface area (Å²) >= 11 is 11.6. The summed E-state index contributed by atoms with van der Waals surface area (Å²) in [5.74, 6) is 0.229. The molecule has 1 saturated carbocycles. The van der Waals surface area contributed by atoms with E-state index >= 15 is 0 Å². The number of hydrogen-bond acceptors (Lipinski definition) is 1. The molecule has 1 nitrogen and oxygen atoms in total. The molecule has 1 aliphatic carbocycles. The second kappa shape index (κ2) is 5.63. The summed E-state index contributed by atoms with van der Waals surface area (Å²) in [6, 6.07) is 13.0. The summed E-state index contributed by atoms with van der Waals surface area (Å²) in [5.41, 5.74) is 1.82. The summed E-state index contributed by atoms with van der Waals surface area (Å²) in [5, 5.41) is 4.40. The molecule has 0 amide bonds. The van der Waals surface area contributed by atoms with Crippen molar-refractivity contribution < 1.29 is 4.39 Å². The molecular formula is C16H14Cl2FN. The number of halogens is 3. The van der Waals surface area contributed by atoms with Crippen LogP contribution < -0.4 is 5.32 Å². The lowest BCUT2D eigenvalue weighted by Gasteiger charge is -2.37. The zero-order chi connectivity index (χ0) is 14.1. The highest BCUT2D eigenvalue weighted by Gasteiger charge is 2.30. The largest absolute Gasteiger partial charge is 0.380 e. The summed E-state index contributed by atoms with van der Waals surface area (Å²) in [6.07, 6.45) is 2.01. The van der Waals surface area contributed by atoms with Crippen LogP contribution in [0.3, 0.4) is 0 Å². The third-order valence-corrected chi connectivity index (χ3v) is 4.26. The van der Waals surface area contributed by atoms with E-state index in [1.807, 2.05) is 12.1 Å². The Kier molecular flexibility index (Phi) is 3.86. The Morgan fingerprint density at radius 2 is 1.60 bits per heavy atom. The van der Waals surface area contributed by atoms with E-state index in [1.165, 1.54) is 11.6 Å². The number of hydrogen-bond donors (Lipinski definition) is 1. The predicted molar refractivity (Wildman–Crippen MR) is 82.2 cm³/mol. The third-order valence-electron chi connectivity index (χ3n) is 3.77. The van der Waals surface area contributed by atoms with Crippen molar-refractivity contribution in [3.63, 3.8) is 0 Å². The lowest BCUT2D eigenvalue weighted by Crippen LogP contribution is -2.34. The number of nitrogens with one attached hydrogen (secondary N) is 1. The van der Waals surface area contributed by atoms with Crippen LogP contribution in [0.15, 0.2) is 42.5 Å². The first-order chi connectivity index (χ1) is 9.61. The monoisotopic (exact) mass is 309 g/mol. The fraction of sp³-hybridized carbons (Fsp3) is 0.250. The normalized spacial score (nSPS) is 21.4. The lowest BCUT2D eigenvalue weighted by molar-refractivity contribution is 0.373. The van der Waals surface area contributed by atoms with Gasteiger partial charge in [-0.15, -0.1) is 0 Å². The Hall–Kier alpha value is -1.25. The quantitative estimate of drug-likeness (QED) is 0.790. The summed E-state index contributed by atoms with van der Waals surface area (Å²) in [4.78, 5) is 0. The standard InChI is InChI=1S/C16H14Cl2FN/c17-12-3-1-10(2-4-12)11-7-14(8-11)20-16-6-5-13(18)9-15(16)19/h1-6,9,11,14,20H,7-8H2. The predicted octanol–water partition coefficient (Wildman–Crippen LogP) is 5.49. The van der Waals surface area contributed by atoms with Crippen LogP contribution in [-0.4, -0.2) is 6.04 Å². The molecule has 0 spiro atoms. The first-order valence-corrected chi connectivity index (χ1v) is 7.34. The van der Waals surface area contributed by atoms with E-state index in [0.717, 1.165) is 17.9 Å². The van der Waals surface area contributed by atoms with Crippen molar-refractivity contribution in [2.45, 2.75) is 24.8 Å². The minimum absolute atomic E-state index is 0.299. The van der Waals surface area contributed by atoms with Crippen molar-refractivity contribution in [3.8, 4) is 0 Å². The summed E-state index contributed by atoms with van der Waals surface area (Å²) in [6.45, 7) is 0. The molecule has 0 aromatic heterocycles. The average molecular weight is 310 g/mol. The molecule has 20 heavy (non-hydrogen) atoms. The van der Waals surface area contributed by atoms with Gasteiger partial charge in [0.15, 0.2) is 0 Å². The van der Waals surface area contributed by atoms with E-state index in [1.54, 1.807) is 12.1 Å². The Bertz CT molecular complexity index is 606. The molecule has 1 fully saturated rings. The molecule has 0 unspecified atom stereocenters. The molecule has 0 bridgehead atoms. The topological polar surface area (TPSA) is 12.0 Å². The van der Waals surface area contributed by atoms with Crippen LogP contribution in [0, 0.1) is 5.82 Å². The molecule has 1 aliphatic rings. The van der Waals surface area contributed by atoms with E-state index in [9.17, 15) is 4.39 Å². The van der Waals surface area contributed by atoms with Crippen LogP contribution in [0.2, 0.25) is 10.0 Å². The van der Waals surface area contributed by atoms with Gasteiger partial charge in [-0.05, 0) is 54.7 Å². The second-order valence-electron chi connectivity index (χ2n) is 5.19. The highest BCUT2D eigenvalue weighted by atomic mass is 35.5. The van der Waals surface area contributed by atoms with Crippen molar-refractivity contribution >= 4 is 28.9 Å². The van der Waals surface area contributed by atoms with E-state index in [-0.39, 0.29) is 5.82 Å². The van der Waals surface area contributed by atoms with Gasteiger partial charge in [-0.2, -0.15) is 0 Å². The molecule has 3 rings (SSSR count). The average Bonchev–Trinajstić information content (AvgIpc) is 2.37. The molecule has 2 aromatic rings. The maximum Gasteiger partial charge on any atom is 0.147 e. The van der Waals surface area contributed by atoms with Crippen LogP contribution in [0.4, 0.5) is 10.1 Å². The minimum Gasteiger partial charge on any atom is -0.380 e. The molecule has 0 radical (unpaired) electrons. The fourth-order valence-corrected chi connectivity index (χ4v) is 2.85. The molecule has 2 aromatic carbocycles. The summed E-state index contributed by atoms with van der Waals surface area (Å²) in [7, 11) is 0. The number of rotatable bonds is 3. The van der Waals surface area contributed by atoms with Gasteiger partial charge in [0, 0.05) is 16.1 Å². The smallest absolute Gasteiger partial charge is 0.147 e. The fourth-order valence-electron chi connectivity index (χ4n) is 2.57. The van der Waals surface area contributed by atoms with E-state index < -0.39 is 0 Å². The van der Waals surface area contributed by atoms with Gasteiger partial charge in [0.2, 0.25) is 0 Å². The van der Waals surface area contributed by atoms with Crippen molar-refractivity contribution in [2.24, 2.45) is 0 Å². The third kappa shape index (κ3) is 2.92. The molecule has 0 aliphatic heterocycles. The van der Waals surface area contributed by atoms with Crippen molar-refractivity contribution in [1.82, 2.24) is 0 Å². The zero-order valence-corrected chi connectivity index (χ0v) is 12.3. The summed E-state index contributed by atoms with van der Waals surface area (Å²) < 4.78 is 13.7. The molecule has 0 atom stereocenters. The Morgan fingerprint density at radius 1 is 0.950 bits per heavy atom. The van der Waals surface area contributed by atoms with Crippen LogP contribution in [0.1, 0.15) is 24.3 Å². The number of anilines is 1. The molecule has 0 heterocycles. The van der Waals surface area contributed by atoms with Gasteiger partial charge in [0.25, 0.3) is 0 Å². The van der Waals surface area contributed by atoms with Gasteiger partial charge in [-0.3, -0.25) is 0 Å². The maximum absolute atomic E-state index is 13.7. The zero-order valence-electron chi connectivity index (χ0n) is 10.7. The van der Waals surface area contributed by atoms with Gasteiger partial charge in [0.05, 0.1) is 5.69 Å². The van der Waals surface area contributed by atoms with Gasteiger partial charge in [-0.1, -0.05) is 35.3 Å². The van der Waals surface area contributed by atoms with Crippen molar-refractivity contribution in [2.75, 3.05) is 5.32 Å². The molecule has 4 heteroatoms. The van der Waals surface area contributed by atoms with Gasteiger partial charge in [0.1, 0.15) is 5.82 Å². The highest BCUT2D eigenvalue weighted by Crippen LogP contribution is 2.39. The van der Waals surface area contributed by atoms with Crippen molar-refractivity contribution in [3.05, 3.63) is 63.9 Å². The Morgan fingerprint density at radius 3 is 2.25 bits per heavy atom. The van der Waals surface area contributed by atoms with Crippen LogP contribution in [0.5, 0.6) is 0 Å². The molecular weight excluding hydrogens is 296 g/mol. The minimum atomic E-state index is -0.299. The Labute approximate surface area is 127 Å². The van der Waals surface area contributed by atoms with E-state index in [4.69, 9.17) is 23.2 Å².